The monoisotopic (exact) mass is 204 g/mol. The molecule has 1 aromatic carbocycles. The molecule has 0 amide bonds. The lowest BCUT2D eigenvalue weighted by atomic mass is 10.1. The first-order valence-corrected chi connectivity index (χ1v) is 4.49. The minimum absolute atomic E-state index is 0.363. The Labute approximate surface area is 88.4 Å². The van der Waals surface area contributed by atoms with Crippen LogP contribution in [0.3, 0.4) is 0 Å². The number of methoxy groups -OCH3 is 1. The maximum absolute atomic E-state index is 11.1. The molecule has 0 atom stereocenters. The van der Waals surface area contributed by atoms with E-state index in [0.29, 0.717) is 11.1 Å². The molecule has 0 spiro atoms. The van der Waals surface area contributed by atoms with Crippen molar-refractivity contribution in [3.63, 3.8) is 0 Å². The molecule has 0 aliphatic carbocycles. The predicted molar refractivity (Wildman–Crippen MR) is 57.5 cm³/mol. The van der Waals surface area contributed by atoms with E-state index >= 15 is 0 Å². The molecule has 0 N–H and O–H groups in total. The van der Waals surface area contributed by atoms with Crippen LogP contribution >= 0.6 is 0 Å². The summed E-state index contributed by atoms with van der Waals surface area (Å²) < 4.78 is 4.57. The van der Waals surface area contributed by atoms with E-state index in [2.05, 4.69) is 4.74 Å². The van der Waals surface area contributed by atoms with E-state index in [4.69, 9.17) is 0 Å². The number of ether oxygens (including phenoxy) is 1. The summed E-state index contributed by atoms with van der Waals surface area (Å²) in [5.74, 6) is -0.363. The summed E-state index contributed by atoms with van der Waals surface area (Å²) in [6.07, 6.45) is 2.53. The molecule has 15 heavy (non-hydrogen) atoms. The molecule has 0 heterocycles. The Morgan fingerprint density at radius 1 is 1.27 bits per heavy atom. The third-order valence-electron chi connectivity index (χ3n) is 1.91. The highest BCUT2D eigenvalue weighted by atomic mass is 16.5. The Kier molecular flexibility index (Phi) is 3.80. The molecule has 0 unspecified atom stereocenters. The van der Waals surface area contributed by atoms with Crippen LogP contribution in [-0.2, 0) is 9.53 Å². The third kappa shape index (κ3) is 3.06. The average molecular weight is 204 g/mol. The quantitative estimate of drug-likeness (QED) is 0.430. The molecule has 0 saturated carbocycles. The maximum Gasteiger partial charge on any atom is 0.337 e. The number of hydrogen-bond donors (Lipinski definition) is 0. The van der Waals surface area contributed by atoms with E-state index < -0.39 is 0 Å². The molecule has 3 nitrogen and oxygen atoms in total. The number of esters is 1. The van der Waals surface area contributed by atoms with Gasteiger partial charge in [0.1, 0.15) is 6.29 Å². The van der Waals surface area contributed by atoms with Crippen molar-refractivity contribution >= 4 is 18.3 Å². The molecule has 3 heteroatoms. The van der Waals surface area contributed by atoms with Crippen LogP contribution in [-0.4, -0.2) is 19.4 Å². The fraction of sp³-hybridized carbons (Fsp3) is 0.167. The summed E-state index contributed by atoms with van der Waals surface area (Å²) in [5, 5.41) is 0. The molecule has 0 saturated heterocycles. The summed E-state index contributed by atoms with van der Waals surface area (Å²) in [5.41, 5.74) is 2.02. The second kappa shape index (κ2) is 5.10. The highest BCUT2D eigenvalue weighted by Crippen LogP contribution is 2.08. The highest BCUT2D eigenvalue weighted by Gasteiger charge is 2.03. The van der Waals surface area contributed by atoms with E-state index in [1.807, 2.05) is 0 Å². The topological polar surface area (TPSA) is 43.4 Å². The molecular weight excluding hydrogens is 192 g/mol. The van der Waals surface area contributed by atoms with Crippen LogP contribution in [0.15, 0.2) is 29.8 Å². The third-order valence-corrected chi connectivity index (χ3v) is 1.91. The fourth-order valence-corrected chi connectivity index (χ4v) is 1.13. The maximum atomic E-state index is 11.1. The van der Waals surface area contributed by atoms with Gasteiger partial charge in [0, 0.05) is 0 Å². The lowest BCUT2D eigenvalue weighted by Crippen LogP contribution is -2.00. The van der Waals surface area contributed by atoms with Gasteiger partial charge in [-0.15, -0.1) is 0 Å². The number of carbonyl (C=O) groups excluding carboxylic acids is 2. The Hall–Kier alpha value is -1.90. The summed E-state index contributed by atoms with van der Waals surface area (Å²) in [4.78, 5) is 21.5. The summed E-state index contributed by atoms with van der Waals surface area (Å²) in [6.45, 7) is 1.72. The van der Waals surface area contributed by atoms with Gasteiger partial charge < -0.3 is 4.74 Å². The minimum atomic E-state index is -0.363. The molecule has 0 aliphatic rings. The lowest BCUT2D eigenvalue weighted by molar-refractivity contribution is -0.104. The zero-order chi connectivity index (χ0) is 11.3. The van der Waals surface area contributed by atoms with E-state index in [9.17, 15) is 9.59 Å². The first-order valence-electron chi connectivity index (χ1n) is 4.49. The summed E-state index contributed by atoms with van der Waals surface area (Å²) in [6, 6.07) is 6.85. The molecule has 0 aromatic heterocycles. The van der Waals surface area contributed by atoms with Gasteiger partial charge in [-0.3, -0.25) is 4.79 Å². The van der Waals surface area contributed by atoms with E-state index in [1.54, 1.807) is 37.3 Å². The second-order valence-electron chi connectivity index (χ2n) is 3.12. The molecular formula is C12H12O3. The molecule has 0 bridgehead atoms. The zero-order valence-electron chi connectivity index (χ0n) is 8.69. The van der Waals surface area contributed by atoms with Crippen molar-refractivity contribution in [2.24, 2.45) is 0 Å². The average Bonchev–Trinajstić information content (AvgIpc) is 2.29. The van der Waals surface area contributed by atoms with Crippen LogP contribution in [0.25, 0.3) is 6.08 Å². The number of hydrogen-bond acceptors (Lipinski definition) is 3. The number of carbonyl (C=O) groups is 2. The number of aldehydes is 1. The van der Waals surface area contributed by atoms with Crippen LogP contribution in [0, 0.1) is 0 Å². The minimum Gasteiger partial charge on any atom is -0.465 e. The first-order chi connectivity index (χ1) is 7.17. The standard InChI is InChI=1S/C12H12O3/c1-9(8-13)7-10-3-5-11(6-4-10)12(14)15-2/h3-8H,1-2H3. The van der Waals surface area contributed by atoms with Crippen molar-refractivity contribution in [3.8, 4) is 0 Å². The van der Waals surface area contributed by atoms with Gasteiger partial charge in [0.25, 0.3) is 0 Å². The lowest BCUT2D eigenvalue weighted by Gasteiger charge is -1.99. The van der Waals surface area contributed by atoms with Crippen molar-refractivity contribution in [2.45, 2.75) is 6.92 Å². The summed E-state index contributed by atoms with van der Waals surface area (Å²) >= 11 is 0. The first kappa shape index (κ1) is 11.2. The number of benzene rings is 1. The molecule has 0 aliphatic heterocycles. The van der Waals surface area contributed by atoms with Gasteiger partial charge in [-0.1, -0.05) is 12.1 Å². The van der Waals surface area contributed by atoms with Gasteiger partial charge in [-0.05, 0) is 36.3 Å². The van der Waals surface area contributed by atoms with Gasteiger partial charge in [-0.2, -0.15) is 0 Å². The van der Waals surface area contributed by atoms with Crippen LogP contribution in [0.1, 0.15) is 22.8 Å². The smallest absolute Gasteiger partial charge is 0.337 e. The predicted octanol–water partition coefficient (Wildman–Crippen LogP) is 2.08. The Morgan fingerprint density at radius 2 is 1.87 bits per heavy atom. The van der Waals surface area contributed by atoms with Gasteiger partial charge in [0.2, 0.25) is 0 Å². The molecule has 0 fully saturated rings. The second-order valence-corrected chi connectivity index (χ2v) is 3.12. The molecule has 1 aromatic rings. The van der Waals surface area contributed by atoms with Gasteiger partial charge in [0.15, 0.2) is 0 Å². The van der Waals surface area contributed by atoms with Crippen molar-refractivity contribution < 1.29 is 14.3 Å². The normalized spacial score (nSPS) is 10.9. The molecule has 0 radical (unpaired) electrons. The SMILES string of the molecule is COC(=O)c1ccc(C=C(C)C=O)cc1. The van der Waals surface area contributed by atoms with E-state index in [0.717, 1.165) is 11.8 Å². The van der Waals surface area contributed by atoms with Gasteiger partial charge in [0.05, 0.1) is 12.7 Å². The fourth-order valence-electron chi connectivity index (χ4n) is 1.13. The Bertz CT molecular complexity index is 388. The van der Waals surface area contributed by atoms with Crippen LogP contribution in [0.5, 0.6) is 0 Å². The van der Waals surface area contributed by atoms with E-state index in [-0.39, 0.29) is 5.97 Å². The Morgan fingerprint density at radius 3 is 2.33 bits per heavy atom. The Balaban J connectivity index is 2.90. The zero-order valence-corrected chi connectivity index (χ0v) is 8.69. The summed E-state index contributed by atoms with van der Waals surface area (Å²) in [7, 11) is 1.34. The molecule has 78 valence electrons. The largest absolute Gasteiger partial charge is 0.465 e. The van der Waals surface area contributed by atoms with Crippen molar-refractivity contribution in [2.75, 3.05) is 7.11 Å². The van der Waals surface area contributed by atoms with E-state index in [1.165, 1.54) is 7.11 Å². The highest BCUT2D eigenvalue weighted by molar-refractivity contribution is 5.89. The van der Waals surface area contributed by atoms with Crippen LogP contribution < -0.4 is 0 Å². The van der Waals surface area contributed by atoms with Gasteiger partial charge in [-0.25, -0.2) is 4.79 Å². The van der Waals surface area contributed by atoms with Crippen molar-refractivity contribution in [1.82, 2.24) is 0 Å². The van der Waals surface area contributed by atoms with Crippen LogP contribution in [0.4, 0.5) is 0 Å². The molecule has 1 rings (SSSR count). The van der Waals surface area contributed by atoms with Gasteiger partial charge >= 0.3 is 5.97 Å². The van der Waals surface area contributed by atoms with Crippen molar-refractivity contribution in [1.29, 1.82) is 0 Å². The number of allylic oxidation sites excluding steroid dienone is 1. The van der Waals surface area contributed by atoms with Crippen LogP contribution in [0.2, 0.25) is 0 Å². The number of rotatable bonds is 3. The van der Waals surface area contributed by atoms with Crippen molar-refractivity contribution in [3.05, 3.63) is 41.0 Å².